The molecule has 0 aliphatic rings. The van der Waals surface area contributed by atoms with Crippen molar-refractivity contribution in [3.8, 4) is 0 Å². The molecule has 0 aliphatic heterocycles. The molecule has 0 spiro atoms. The Bertz CT molecular complexity index is 375. The van der Waals surface area contributed by atoms with Gasteiger partial charge in [0.05, 0.1) is 7.11 Å². The maximum absolute atomic E-state index is 11.6. The highest BCUT2D eigenvalue weighted by Crippen LogP contribution is 2.04. The average Bonchev–Trinajstić information content (AvgIpc) is 2.59. The lowest BCUT2D eigenvalue weighted by Gasteiger charge is -2.03. The first-order valence-corrected chi connectivity index (χ1v) is 9.35. The number of nitrogens with one attached hydrogen (secondary N) is 1. The minimum Gasteiger partial charge on any atom is -0.469 e. The molecule has 0 bridgehead atoms. The summed E-state index contributed by atoms with van der Waals surface area (Å²) >= 11 is 0. The molecular formula is C20H35NO3. The van der Waals surface area contributed by atoms with Gasteiger partial charge in [0.25, 0.3) is 0 Å². The molecule has 24 heavy (non-hydrogen) atoms. The third kappa shape index (κ3) is 16.8. The van der Waals surface area contributed by atoms with Crippen LogP contribution in [0.2, 0.25) is 0 Å². The van der Waals surface area contributed by atoms with Gasteiger partial charge in [-0.3, -0.25) is 9.59 Å². The van der Waals surface area contributed by atoms with Crippen molar-refractivity contribution in [2.75, 3.05) is 13.7 Å². The Kier molecular flexibility index (Phi) is 16.6. The van der Waals surface area contributed by atoms with Crippen LogP contribution in [-0.4, -0.2) is 25.5 Å². The van der Waals surface area contributed by atoms with E-state index in [1.54, 1.807) is 0 Å². The van der Waals surface area contributed by atoms with E-state index in [1.807, 2.05) is 0 Å². The second kappa shape index (κ2) is 17.8. The summed E-state index contributed by atoms with van der Waals surface area (Å²) < 4.78 is 4.57. The standard InChI is InChI=1S/C20H35NO3/c1-3-4-5-6-7-8-9-10-11-15-18-21-19(22)16-13-12-14-17-20(23)24-2/h8-11H,3-7,12-18H2,1-2H3,(H,21,22)/b9-8+,11-10-. The molecular weight excluding hydrogens is 302 g/mol. The van der Waals surface area contributed by atoms with Gasteiger partial charge in [0, 0.05) is 19.4 Å². The summed E-state index contributed by atoms with van der Waals surface area (Å²) in [5.41, 5.74) is 0. The quantitative estimate of drug-likeness (QED) is 0.268. The van der Waals surface area contributed by atoms with E-state index in [0.717, 1.165) is 32.1 Å². The molecule has 4 nitrogen and oxygen atoms in total. The van der Waals surface area contributed by atoms with Crippen LogP contribution in [0.5, 0.6) is 0 Å². The van der Waals surface area contributed by atoms with Crippen molar-refractivity contribution in [2.24, 2.45) is 0 Å². The summed E-state index contributed by atoms with van der Waals surface area (Å²) in [5, 5.41) is 2.91. The van der Waals surface area contributed by atoms with E-state index in [9.17, 15) is 9.59 Å². The van der Waals surface area contributed by atoms with Crippen molar-refractivity contribution >= 4 is 11.9 Å². The number of carbonyl (C=O) groups excluding carboxylic acids is 2. The first kappa shape index (κ1) is 22.4. The smallest absolute Gasteiger partial charge is 0.305 e. The second-order valence-electron chi connectivity index (χ2n) is 5.98. The molecule has 0 aliphatic carbocycles. The number of carbonyl (C=O) groups is 2. The van der Waals surface area contributed by atoms with Crippen molar-refractivity contribution in [3.63, 3.8) is 0 Å². The summed E-state index contributed by atoms with van der Waals surface area (Å²) in [4.78, 5) is 22.5. The monoisotopic (exact) mass is 337 g/mol. The number of methoxy groups -OCH3 is 1. The van der Waals surface area contributed by atoms with Gasteiger partial charge < -0.3 is 10.1 Å². The minimum atomic E-state index is -0.179. The highest BCUT2D eigenvalue weighted by molar-refractivity contribution is 5.75. The zero-order chi connectivity index (χ0) is 17.9. The number of hydrogen-bond acceptors (Lipinski definition) is 3. The van der Waals surface area contributed by atoms with Gasteiger partial charge in [-0.05, 0) is 32.1 Å². The van der Waals surface area contributed by atoms with E-state index in [1.165, 1.54) is 32.8 Å². The Labute approximate surface area is 147 Å². The Morgan fingerprint density at radius 3 is 2.25 bits per heavy atom. The molecule has 138 valence electrons. The van der Waals surface area contributed by atoms with Crippen LogP contribution in [0, 0.1) is 0 Å². The zero-order valence-corrected chi connectivity index (χ0v) is 15.5. The Balaban J connectivity index is 3.40. The van der Waals surface area contributed by atoms with E-state index in [4.69, 9.17) is 0 Å². The van der Waals surface area contributed by atoms with Gasteiger partial charge in [0.15, 0.2) is 0 Å². The molecule has 0 radical (unpaired) electrons. The first-order chi connectivity index (χ1) is 11.7. The molecule has 0 unspecified atom stereocenters. The molecule has 0 rings (SSSR count). The fraction of sp³-hybridized carbons (Fsp3) is 0.700. The lowest BCUT2D eigenvalue weighted by atomic mass is 10.1. The lowest BCUT2D eigenvalue weighted by Crippen LogP contribution is -2.23. The Morgan fingerprint density at radius 1 is 0.875 bits per heavy atom. The molecule has 0 aromatic heterocycles. The molecule has 1 amide bonds. The van der Waals surface area contributed by atoms with Crippen LogP contribution in [0.1, 0.15) is 77.6 Å². The summed E-state index contributed by atoms with van der Waals surface area (Å²) in [6.07, 6.45) is 19.1. The van der Waals surface area contributed by atoms with Crippen molar-refractivity contribution in [1.82, 2.24) is 5.32 Å². The van der Waals surface area contributed by atoms with Crippen molar-refractivity contribution in [3.05, 3.63) is 24.3 Å². The number of amides is 1. The van der Waals surface area contributed by atoms with Crippen LogP contribution in [0.3, 0.4) is 0 Å². The summed E-state index contributed by atoms with van der Waals surface area (Å²) in [5.74, 6) is -0.0887. The van der Waals surface area contributed by atoms with Crippen LogP contribution in [0.4, 0.5) is 0 Å². The summed E-state index contributed by atoms with van der Waals surface area (Å²) in [7, 11) is 1.40. The van der Waals surface area contributed by atoms with E-state index in [2.05, 4.69) is 41.3 Å². The van der Waals surface area contributed by atoms with E-state index in [0.29, 0.717) is 19.4 Å². The van der Waals surface area contributed by atoms with Crippen LogP contribution >= 0.6 is 0 Å². The highest BCUT2D eigenvalue weighted by Gasteiger charge is 2.02. The molecule has 0 saturated carbocycles. The van der Waals surface area contributed by atoms with Gasteiger partial charge in [0.1, 0.15) is 0 Å². The average molecular weight is 338 g/mol. The minimum absolute atomic E-state index is 0.0907. The molecule has 0 heterocycles. The van der Waals surface area contributed by atoms with Crippen LogP contribution in [0.25, 0.3) is 0 Å². The van der Waals surface area contributed by atoms with E-state index < -0.39 is 0 Å². The van der Waals surface area contributed by atoms with Gasteiger partial charge in [-0.1, -0.05) is 56.9 Å². The molecule has 1 N–H and O–H groups in total. The number of rotatable bonds is 15. The Morgan fingerprint density at radius 2 is 1.54 bits per heavy atom. The maximum atomic E-state index is 11.6. The fourth-order valence-electron chi connectivity index (χ4n) is 2.26. The summed E-state index contributed by atoms with van der Waals surface area (Å²) in [6.45, 7) is 2.91. The van der Waals surface area contributed by atoms with Crippen molar-refractivity contribution < 1.29 is 14.3 Å². The summed E-state index contributed by atoms with van der Waals surface area (Å²) in [6, 6.07) is 0. The van der Waals surface area contributed by atoms with Crippen molar-refractivity contribution in [2.45, 2.75) is 77.6 Å². The number of unbranched alkanes of at least 4 members (excludes halogenated alkanes) is 6. The molecule has 4 heteroatoms. The third-order valence-corrected chi connectivity index (χ3v) is 3.75. The molecule has 0 fully saturated rings. The fourth-order valence-corrected chi connectivity index (χ4v) is 2.26. The maximum Gasteiger partial charge on any atom is 0.305 e. The topological polar surface area (TPSA) is 55.4 Å². The highest BCUT2D eigenvalue weighted by atomic mass is 16.5. The van der Waals surface area contributed by atoms with Crippen LogP contribution in [-0.2, 0) is 14.3 Å². The Hall–Kier alpha value is -1.58. The number of ether oxygens (including phenoxy) is 1. The van der Waals surface area contributed by atoms with Gasteiger partial charge in [-0.15, -0.1) is 0 Å². The third-order valence-electron chi connectivity index (χ3n) is 3.75. The predicted molar refractivity (Wildman–Crippen MR) is 99.8 cm³/mol. The van der Waals surface area contributed by atoms with Gasteiger partial charge in [-0.2, -0.15) is 0 Å². The lowest BCUT2D eigenvalue weighted by molar-refractivity contribution is -0.140. The molecule has 0 aromatic rings. The van der Waals surface area contributed by atoms with Crippen LogP contribution < -0.4 is 5.32 Å². The molecule has 0 aromatic carbocycles. The molecule has 0 atom stereocenters. The van der Waals surface area contributed by atoms with Gasteiger partial charge in [-0.25, -0.2) is 0 Å². The second-order valence-corrected chi connectivity index (χ2v) is 5.98. The number of allylic oxidation sites excluding steroid dienone is 3. The largest absolute Gasteiger partial charge is 0.469 e. The SMILES string of the molecule is CCCCCC/C=C/C=C\CCNC(=O)CCCCCC(=O)OC. The van der Waals surface area contributed by atoms with Crippen LogP contribution in [0.15, 0.2) is 24.3 Å². The normalized spacial score (nSPS) is 11.2. The zero-order valence-electron chi connectivity index (χ0n) is 15.5. The van der Waals surface area contributed by atoms with Gasteiger partial charge in [0.2, 0.25) is 5.91 Å². The predicted octanol–water partition coefficient (Wildman–Crippen LogP) is 4.70. The van der Waals surface area contributed by atoms with E-state index >= 15 is 0 Å². The van der Waals surface area contributed by atoms with Gasteiger partial charge >= 0.3 is 5.97 Å². The number of esters is 1. The van der Waals surface area contributed by atoms with Crippen molar-refractivity contribution in [1.29, 1.82) is 0 Å². The molecule has 0 saturated heterocycles. The first-order valence-electron chi connectivity index (χ1n) is 9.35. The van der Waals surface area contributed by atoms with E-state index in [-0.39, 0.29) is 11.9 Å². The number of hydrogen-bond donors (Lipinski definition) is 1.